The lowest BCUT2D eigenvalue weighted by molar-refractivity contribution is 0.115. The average molecular weight is 621 g/mol. The van der Waals surface area contributed by atoms with E-state index in [0.717, 1.165) is 63.7 Å². The Morgan fingerprint density at radius 2 is 1.98 bits per heavy atom. The van der Waals surface area contributed by atoms with Crippen molar-refractivity contribution in [2.24, 2.45) is 0 Å². The van der Waals surface area contributed by atoms with Crippen LogP contribution in [0.25, 0.3) is 21.1 Å². The van der Waals surface area contributed by atoms with Gasteiger partial charge < -0.3 is 25.5 Å². The lowest BCUT2D eigenvalue weighted by atomic mass is 10.1. The summed E-state index contributed by atoms with van der Waals surface area (Å²) in [5.41, 5.74) is 4.04. The van der Waals surface area contributed by atoms with E-state index >= 15 is 0 Å². The summed E-state index contributed by atoms with van der Waals surface area (Å²) in [6.07, 6.45) is 6.97. The minimum atomic E-state index is -0.851. The highest BCUT2D eigenvalue weighted by atomic mass is 32.1. The van der Waals surface area contributed by atoms with Crippen molar-refractivity contribution in [1.82, 2.24) is 34.9 Å². The lowest BCUT2D eigenvalue weighted by Gasteiger charge is -2.31. The Balaban J connectivity index is 1.01. The van der Waals surface area contributed by atoms with E-state index in [-0.39, 0.29) is 12.1 Å². The van der Waals surface area contributed by atoms with Crippen LogP contribution in [0.3, 0.4) is 0 Å². The van der Waals surface area contributed by atoms with Gasteiger partial charge in [0.1, 0.15) is 6.33 Å². The van der Waals surface area contributed by atoms with E-state index < -0.39 is 6.09 Å². The third-order valence-electron chi connectivity index (χ3n) is 8.66. The molecule has 5 heterocycles. The first-order valence-corrected chi connectivity index (χ1v) is 16.4. The van der Waals surface area contributed by atoms with Gasteiger partial charge in [0.25, 0.3) is 0 Å². The number of piperidine rings is 1. The molecule has 0 spiro atoms. The molecule has 11 heteroatoms. The SMILES string of the molecule is O=C(O)N(CCN1CCCCC1)[C@H]1CN[C@H](C#Cc2cc3ncnc(Nc4ccc5c(cnn5Cc5ccccc5)c4)c3s2)C1. The molecule has 1 amide bonds. The van der Waals surface area contributed by atoms with E-state index in [1.165, 1.54) is 24.8 Å². The highest BCUT2D eigenvalue weighted by molar-refractivity contribution is 7.20. The number of carboxylic acid groups (broad SMARTS) is 1. The van der Waals surface area contributed by atoms with Crippen molar-refractivity contribution in [3.63, 3.8) is 0 Å². The molecule has 0 aliphatic carbocycles. The topological polar surface area (TPSA) is 111 Å². The van der Waals surface area contributed by atoms with E-state index in [2.05, 4.69) is 66.7 Å². The molecule has 7 rings (SSSR count). The Morgan fingerprint density at radius 3 is 2.82 bits per heavy atom. The summed E-state index contributed by atoms with van der Waals surface area (Å²) in [6, 6.07) is 18.4. The van der Waals surface area contributed by atoms with Crippen LogP contribution in [0, 0.1) is 11.8 Å². The number of carbonyl (C=O) groups is 1. The number of anilines is 2. The van der Waals surface area contributed by atoms with Gasteiger partial charge in [0.15, 0.2) is 5.82 Å². The number of likely N-dealkylation sites (tertiary alicyclic amines) is 1. The third kappa shape index (κ3) is 6.78. The van der Waals surface area contributed by atoms with Gasteiger partial charge in [0, 0.05) is 36.7 Å². The zero-order chi connectivity index (χ0) is 30.6. The van der Waals surface area contributed by atoms with Gasteiger partial charge in [-0.05, 0) is 62.2 Å². The van der Waals surface area contributed by atoms with Crippen LogP contribution in [-0.4, -0.2) is 85.6 Å². The summed E-state index contributed by atoms with van der Waals surface area (Å²) in [5.74, 6) is 7.39. The second kappa shape index (κ2) is 13.2. The molecule has 230 valence electrons. The molecule has 2 atom stereocenters. The molecule has 0 saturated carbocycles. The number of benzene rings is 2. The fraction of sp³-hybridized carbons (Fsp3) is 0.353. The van der Waals surface area contributed by atoms with Gasteiger partial charge in [-0.2, -0.15) is 5.10 Å². The van der Waals surface area contributed by atoms with Crippen LogP contribution in [0.1, 0.15) is 36.1 Å². The van der Waals surface area contributed by atoms with E-state index in [0.29, 0.717) is 19.5 Å². The molecule has 3 N–H and O–H groups in total. The molecular formula is C34H36N8O2S. The van der Waals surface area contributed by atoms with Gasteiger partial charge in [-0.1, -0.05) is 48.6 Å². The molecule has 5 aromatic rings. The van der Waals surface area contributed by atoms with Crippen LogP contribution in [-0.2, 0) is 6.54 Å². The second-order valence-electron chi connectivity index (χ2n) is 11.7. The first-order chi connectivity index (χ1) is 22.1. The molecule has 2 aliphatic heterocycles. The van der Waals surface area contributed by atoms with Crippen molar-refractivity contribution in [3.8, 4) is 11.8 Å². The second-order valence-corrected chi connectivity index (χ2v) is 12.8. The molecule has 0 radical (unpaired) electrons. The first-order valence-electron chi connectivity index (χ1n) is 15.6. The van der Waals surface area contributed by atoms with Gasteiger partial charge in [0.05, 0.1) is 39.4 Å². The molecule has 10 nitrogen and oxygen atoms in total. The molecule has 45 heavy (non-hydrogen) atoms. The molecule has 0 bridgehead atoms. The zero-order valence-corrected chi connectivity index (χ0v) is 25.8. The number of aromatic nitrogens is 4. The van der Waals surface area contributed by atoms with Crippen LogP contribution in [0.2, 0.25) is 0 Å². The Kier molecular flexibility index (Phi) is 8.60. The number of hydrogen-bond acceptors (Lipinski definition) is 8. The van der Waals surface area contributed by atoms with Crippen molar-refractivity contribution >= 4 is 50.1 Å². The molecule has 0 unspecified atom stereocenters. The largest absolute Gasteiger partial charge is 0.465 e. The van der Waals surface area contributed by atoms with Gasteiger partial charge in [-0.15, -0.1) is 11.3 Å². The zero-order valence-electron chi connectivity index (χ0n) is 25.0. The number of nitrogens with one attached hydrogen (secondary N) is 2. The van der Waals surface area contributed by atoms with E-state index in [9.17, 15) is 9.90 Å². The lowest BCUT2D eigenvalue weighted by Crippen LogP contribution is -2.45. The van der Waals surface area contributed by atoms with Crippen molar-refractivity contribution in [2.75, 3.05) is 38.0 Å². The number of hydrogen-bond donors (Lipinski definition) is 3. The number of thiophene rings is 1. The maximum atomic E-state index is 12.1. The number of fused-ring (bicyclic) bond motifs is 2. The minimum absolute atomic E-state index is 0.0599. The number of rotatable bonds is 8. The Morgan fingerprint density at radius 1 is 1.11 bits per heavy atom. The van der Waals surface area contributed by atoms with Crippen molar-refractivity contribution in [3.05, 3.63) is 77.6 Å². The molecule has 2 fully saturated rings. The van der Waals surface area contributed by atoms with Crippen molar-refractivity contribution in [2.45, 2.75) is 44.3 Å². The monoisotopic (exact) mass is 620 g/mol. The molecular weight excluding hydrogens is 584 g/mol. The summed E-state index contributed by atoms with van der Waals surface area (Å²) >= 11 is 1.56. The fourth-order valence-electron chi connectivity index (χ4n) is 6.28. The smallest absolute Gasteiger partial charge is 0.407 e. The summed E-state index contributed by atoms with van der Waals surface area (Å²) in [6.45, 7) is 4.80. The van der Waals surface area contributed by atoms with Crippen LogP contribution in [0.4, 0.5) is 16.3 Å². The predicted molar refractivity (Wildman–Crippen MR) is 178 cm³/mol. The Labute approximate surface area is 266 Å². The van der Waals surface area contributed by atoms with Crippen LogP contribution < -0.4 is 10.6 Å². The van der Waals surface area contributed by atoms with Crippen LogP contribution in [0.5, 0.6) is 0 Å². The quantitative estimate of drug-likeness (QED) is 0.198. The Hall–Kier alpha value is -4.50. The normalized spacial score (nSPS) is 18.6. The summed E-state index contributed by atoms with van der Waals surface area (Å²) in [5, 5.41) is 22.5. The fourth-order valence-corrected chi connectivity index (χ4v) is 7.20. The molecule has 2 aromatic carbocycles. The van der Waals surface area contributed by atoms with Crippen molar-refractivity contribution < 1.29 is 9.90 Å². The average Bonchev–Trinajstić information content (AvgIpc) is 3.80. The first kappa shape index (κ1) is 29.2. The van der Waals surface area contributed by atoms with E-state index in [4.69, 9.17) is 0 Å². The standard InChI is InChI=1S/C34H36N8O2S/c43-34(44)41(16-15-40-13-5-2-6-14-40)28-18-26(35-21-28)9-11-29-19-30-32(45-29)33(37-23-36-30)39-27-10-12-31-25(17-27)20-38-42(31)22-24-7-3-1-4-8-24/h1,3-4,7-8,10,12,17,19-20,23,26,28,35H,2,5-6,13-16,18,21-22H2,(H,43,44)(H,36,37,39)/t26-,28-/m1/s1. The van der Waals surface area contributed by atoms with Gasteiger partial charge >= 0.3 is 6.09 Å². The molecule has 2 aliphatic rings. The Bertz CT molecular complexity index is 1850. The summed E-state index contributed by atoms with van der Waals surface area (Å²) < 4.78 is 2.95. The van der Waals surface area contributed by atoms with Gasteiger partial charge in [-0.3, -0.25) is 4.68 Å². The van der Waals surface area contributed by atoms with E-state index in [1.807, 2.05) is 41.2 Å². The van der Waals surface area contributed by atoms with E-state index in [1.54, 1.807) is 22.6 Å². The highest BCUT2D eigenvalue weighted by Crippen LogP contribution is 2.31. The predicted octanol–water partition coefficient (Wildman–Crippen LogP) is 5.38. The van der Waals surface area contributed by atoms with Crippen LogP contribution >= 0.6 is 11.3 Å². The maximum Gasteiger partial charge on any atom is 0.407 e. The van der Waals surface area contributed by atoms with Crippen LogP contribution in [0.15, 0.2) is 67.1 Å². The molecule has 3 aromatic heterocycles. The molecule has 2 saturated heterocycles. The highest BCUT2D eigenvalue weighted by Gasteiger charge is 2.31. The van der Waals surface area contributed by atoms with Crippen molar-refractivity contribution in [1.29, 1.82) is 0 Å². The summed E-state index contributed by atoms with van der Waals surface area (Å²) in [7, 11) is 0. The number of nitrogens with zero attached hydrogens (tertiary/aromatic N) is 6. The summed E-state index contributed by atoms with van der Waals surface area (Å²) in [4.78, 5) is 26.0. The van der Waals surface area contributed by atoms with Gasteiger partial charge in [-0.25, -0.2) is 14.8 Å². The minimum Gasteiger partial charge on any atom is -0.465 e. The maximum absolute atomic E-state index is 12.1. The number of amides is 1. The third-order valence-corrected chi connectivity index (χ3v) is 9.71. The van der Waals surface area contributed by atoms with Gasteiger partial charge in [0.2, 0.25) is 0 Å².